The third-order valence-electron chi connectivity index (χ3n) is 8.25. The number of hydrogen-bond donors (Lipinski definition) is 2. The number of carbonyl (C=O) groups excluding carboxylic acids is 2. The summed E-state index contributed by atoms with van der Waals surface area (Å²) in [6, 6.07) is 16.9. The Morgan fingerprint density at radius 1 is 1.00 bits per heavy atom. The Balaban J connectivity index is 1.50. The van der Waals surface area contributed by atoms with Gasteiger partial charge >= 0.3 is 0 Å². The Morgan fingerprint density at radius 2 is 1.70 bits per heavy atom. The quantitative estimate of drug-likeness (QED) is 0.210. The molecule has 3 aromatic carbocycles. The lowest BCUT2D eigenvalue weighted by Gasteiger charge is -2.43. The highest BCUT2D eigenvalue weighted by atomic mass is 32.2. The van der Waals surface area contributed by atoms with Crippen LogP contribution in [0.5, 0.6) is 0 Å². The van der Waals surface area contributed by atoms with Crippen LogP contribution >= 0.6 is 0 Å². The summed E-state index contributed by atoms with van der Waals surface area (Å²) in [5, 5.41) is 5.92. The minimum Gasteiger partial charge on any atom is -0.455 e. The van der Waals surface area contributed by atoms with Crippen LogP contribution in [0, 0.1) is 5.82 Å². The highest BCUT2D eigenvalue weighted by Gasteiger charge is 2.49. The molecule has 0 atom stereocenters. The fourth-order valence-corrected chi connectivity index (χ4v) is 6.99. The van der Waals surface area contributed by atoms with Gasteiger partial charge in [-0.05, 0) is 61.0 Å². The van der Waals surface area contributed by atoms with Gasteiger partial charge in [-0.25, -0.2) is 27.2 Å². The van der Waals surface area contributed by atoms with Crippen molar-refractivity contribution in [1.29, 1.82) is 0 Å². The molecule has 0 saturated heterocycles. The zero-order valence-electron chi connectivity index (χ0n) is 25.8. The third kappa shape index (κ3) is 5.94. The van der Waals surface area contributed by atoms with E-state index in [1.807, 2.05) is 0 Å². The second-order valence-corrected chi connectivity index (χ2v) is 13.3. The van der Waals surface area contributed by atoms with E-state index in [-0.39, 0.29) is 47.5 Å². The molecule has 2 aromatic heterocycles. The molecule has 2 N–H and O–H groups in total. The van der Waals surface area contributed by atoms with Crippen molar-refractivity contribution in [2.45, 2.75) is 31.5 Å². The molecule has 2 heterocycles. The molecular weight excluding hydrogens is 628 g/mol. The molecule has 47 heavy (non-hydrogen) atoms. The number of hydrogen-bond acceptors (Lipinski definition) is 7. The molecule has 5 aromatic rings. The van der Waals surface area contributed by atoms with Crippen molar-refractivity contribution in [2.75, 3.05) is 24.2 Å². The highest BCUT2D eigenvalue weighted by Crippen LogP contribution is 2.43. The lowest BCUT2D eigenvalue weighted by Crippen LogP contribution is -2.56. The average Bonchev–Trinajstić information content (AvgIpc) is 3.42. The summed E-state index contributed by atoms with van der Waals surface area (Å²) >= 11 is 0. The maximum absolute atomic E-state index is 14.1. The zero-order chi connectivity index (χ0) is 33.5. The van der Waals surface area contributed by atoms with Gasteiger partial charge in [0.2, 0.25) is 10.0 Å². The number of halogens is 2. The number of amides is 2. The summed E-state index contributed by atoms with van der Waals surface area (Å²) in [6.45, 7) is 1.76. The van der Waals surface area contributed by atoms with E-state index in [2.05, 4.69) is 20.6 Å². The number of benzene rings is 3. The van der Waals surface area contributed by atoms with Crippen LogP contribution in [0.2, 0.25) is 0 Å². The molecule has 1 aliphatic rings. The average molecular weight is 660 g/mol. The van der Waals surface area contributed by atoms with E-state index in [1.54, 1.807) is 49.4 Å². The zero-order valence-corrected chi connectivity index (χ0v) is 26.6. The van der Waals surface area contributed by atoms with Crippen LogP contribution in [0.3, 0.4) is 0 Å². The van der Waals surface area contributed by atoms with Gasteiger partial charge in [-0.15, -0.1) is 0 Å². The molecule has 0 bridgehead atoms. The molecule has 13 heteroatoms. The van der Waals surface area contributed by atoms with Gasteiger partial charge in [0.1, 0.15) is 28.9 Å². The summed E-state index contributed by atoms with van der Waals surface area (Å²) in [4.78, 5) is 35.4. The molecule has 1 aliphatic carbocycles. The first kappa shape index (κ1) is 31.8. The van der Waals surface area contributed by atoms with E-state index in [1.165, 1.54) is 48.0 Å². The first-order valence-electron chi connectivity index (χ1n) is 14.8. The summed E-state index contributed by atoms with van der Waals surface area (Å²) < 4.78 is 61.2. The summed E-state index contributed by atoms with van der Waals surface area (Å²) in [7, 11) is -2.32. The maximum Gasteiger partial charge on any atom is 0.255 e. The third-order valence-corrected chi connectivity index (χ3v) is 9.50. The maximum atomic E-state index is 14.1. The van der Waals surface area contributed by atoms with Gasteiger partial charge in [0.05, 0.1) is 17.5 Å². The molecule has 0 spiro atoms. The minimum atomic E-state index is -3.79. The first-order valence-corrected chi connectivity index (χ1v) is 16.7. The van der Waals surface area contributed by atoms with Gasteiger partial charge in [-0.1, -0.05) is 12.1 Å². The van der Waals surface area contributed by atoms with E-state index in [9.17, 15) is 26.8 Å². The second kappa shape index (κ2) is 12.2. The van der Waals surface area contributed by atoms with Crippen molar-refractivity contribution in [2.24, 2.45) is 0 Å². The Labute approximate surface area is 269 Å². The standard InChI is InChI=1S/C34H31F2N5O5S/c1-4-41(47(3,44)45)27-17-28-26(29(32(43)37-2)30(46-28)20-9-11-23(35)12-10-20)16-25(27)21-7-5-8-22(15-21)31(42)40-34(18-24(36)19-34)33-38-13-6-14-39-33/h5-17,24H,4,18-19H2,1-3H3,(H,37,43)(H,40,42). The largest absolute Gasteiger partial charge is 0.455 e. The topological polar surface area (TPSA) is 134 Å². The SMILES string of the molecule is CCN(c1cc2oc(-c3ccc(F)cc3)c(C(=O)NC)c2cc1-c1cccc(C(=O)NC2(c3ncccn3)CC(F)C2)c1)S(C)(=O)=O. The van der Waals surface area contributed by atoms with E-state index >= 15 is 0 Å². The number of furan rings is 1. The van der Waals surface area contributed by atoms with Crippen molar-refractivity contribution in [3.63, 3.8) is 0 Å². The number of sulfonamides is 1. The molecule has 10 nitrogen and oxygen atoms in total. The molecule has 0 unspecified atom stereocenters. The summed E-state index contributed by atoms with van der Waals surface area (Å²) in [6.07, 6.45) is 3.10. The fraction of sp³-hybridized carbons (Fsp3) is 0.235. The van der Waals surface area contributed by atoms with Crippen LogP contribution in [0.1, 0.15) is 46.3 Å². The number of aromatic nitrogens is 2. The summed E-state index contributed by atoms with van der Waals surface area (Å²) in [5.74, 6) is -0.923. The monoisotopic (exact) mass is 659 g/mol. The van der Waals surface area contributed by atoms with Crippen LogP contribution < -0.4 is 14.9 Å². The molecule has 6 rings (SSSR count). The molecule has 2 amide bonds. The van der Waals surface area contributed by atoms with Crippen LogP contribution in [0.15, 0.2) is 83.5 Å². The minimum absolute atomic E-state index is 0.0300. The van der Waals surface area contributed by atoms with Crippen LogP contribution in [-0.2, 0) is 15.6 Å². The van der Waals surface area contributed by atoms with Crippen molar-refractivity contribution in [3.05, 3.63) is 102 Å². The number of anilines is 1. The van der Waals surface area contributed by atoms with Gasteiger partial charge in [0.15, 0.2) is 5.82 Å². The molecule has 1 saturated carbocycles. The highest BCUT2D eigenvalue weighted by molar-refractivity contribution is 7.92. The number of carbonyl (C=O) groups is 2. The molecular formula is C34H31F2N5O5S. The van der Waals surface area contributed by atoms with Gasteiger partial charge in [-0.2, -0.15) is 0 Å². The molecule has 0 aliphatic heterocycles. The van der Waals surface area contributed by atoms with Crippen LogP contribution in [0.4, 0.5) is 14.5 Å². The van der Waals surface area contributed by atoms with Crippen LogP contribution in [-0.4, -0.2) is 56.2 Å². The van der Waals surface area contributed by atoms with Gasteiger partial charge in [0, 0.05) is 67.0 Å². The van der Waals surface area contributed by atoms with Gasteiger partial charge in [0.25, 0.3) is 11.8 Å². The normalized spacial score (nSPS) is 17.6. The van der Waals surface area contributed by atoms with E-state index in [0.717, 1.165) is 6.26 Å². The van der Waals surface area contributed by atoms with E-state index in [4.69, 9.17) is 4.42 Å². The Morgan fingerprint density at radius 3 is 2.32 bits per heavy atom. The Hall–Kier alpha value is -5.17. The number of alkyl halides is 1. The molecule has 242 valence electrons. The summed E-state index contributed by atoms with van der Waals surface area (Å²) in [5.41, 5.74) is 1.16. The van der Waals surface area contributed by atoms with E-state index < -0.39 is 39.4 Å². The first-order chi connectivity index (χ1) is 22.4. The number of rotatable bonds is 9. The number of nitrogens with one attached hydrogen (secondary N) is 2. The Kier molecular flexibility index (Phi) is 8.26. The van der Waals surface area contributed by atoms with Crippen LogP contribution in [0.25, 0.3) is 33.4 Å². The second-order valence-electron chi connectivity index (χ2n) is 11.4. The van der Waals surface area contributed by atoms with Crippen molar-refractivity contribution in [1.82, 2.24) is 20.6 Å². The number of fused-ring (bicyclic) bond motifs is 1. The predicted molar refractivity (Wildman–Crippen MR) is 174 cm³/mol. The van der Waals surface area contributed by atoms with E-state index in [0.29, 0.717) is 27.9 Å². The molecule has 1 fully saturated rings. The van der Waals surface area contributed by atoms with Crippen molar-refractivity contribution < 1.29 is 31.2 Å². The number of nitrogens with zero attached hydrogens (tertiary/aromatic N) is 3. The lowest BCUT2D eigenvalue weighted by atomic mass is 9.74. The smallest absolute Gasteiger partial charge is 0.255 e. The predicted octanol–water partition coefficient (Wildman–Crippen LogP) is 5.60. The van der Waals surface area contributed by atoms with Gasteiger partial charge < -0.3 is 15.1 Å². The lowest BCUT2D eigenvalue weighted by molar-refractivity contribution is 0.0481. The fourth-order valence-electron chi connectivity index (χ4n) is 6.01. The van der Waals surface area contributed by atoms with Crippen molar-refractivity contribution >= 4 is 38.5 Å². The van der Waals surface area contributed by atoms with Gasteiger partial charge in [-0.3, -0.25) is 13.9 Å². The van der Waals surface area contributed by atoms with Crippen molar-refractivity contribution in [3.8, 4) is 22.5 Å². The Bertz CT molecular complexity index is 2100. The molecule has 0 radical (unpaired) electrons.